The van der Waals surface area contributed by atoms with E-state index in [1.54, 1.807) is 6.92 Å². The fourth-order valence-electron chi connectivity index (χ4n) is 4.28. The van der Waals surface area contributed by atoms with Gasteiger partial charge < -0.3 is 5.11 Å². The van der Waals surface area contributed by atoms with Crippen molar-refractivity contribution < 1.29 is 9.50 Å². The van der Waals surface area contributed by atoms with Crippen LogP contribution in [-0.4, -0.2) is 29.5 Å². The molecule has 1 aliphatic carbocycles. The predicted molar refractivity (Wildman–Crippen MR) is 128 cm³/mol. The van der Waals surface area contributed by atoms with Crippen molar-refractivity contribution in [2.24, 2.45) is 0 Å². The molecule has 1 aliphatic rings. The highest BCUT2D eigenvalue weighted by Gasteiger charge is 2.28. The number of halogens is 1. The highest BCUT2D eigenvalue weighted by molar-refractivity contribution is 6.13. The lowest BCUT2D eigenvalue weighted by molar-refractivity contribution is 0.299. The van der Waals surface area contributed by atoms with Crippen LogP contribution in [0.25, 0.3) is 0 Å². The van der Waals surface area contributed by atoms with E-state index < -0.39 is 0 Å². The largest absolute Gasteiger partial charge is 0.396 e. The standard InChI is InChI=1S/C27H28FN3O/c1-18-15-20(9-12-26(18)28)25-16-21(27(29)24-6-4-3-5-23(24)25)17-31(2)30-22-10-7-19(8-11-22)13-14-32/h3-12,15,17,25,29-30,32H,13-14,16H2,1-2H3/b21-17-,29-27?. The van der Waals surface area contributed by atoms with Gasteiger partial charge in [0.2, 0.25) is 0 Å². The molecule has 1 unspecified atom stereocenters. The Hall–Kier alpha value is -3.44. The van der Waals surface area contributed by atoms with Gasteiger partial charge in [-0.25, -0.2) is 4.39 Å². The Bertz CT molecular complexity index is 1150. The normalized spacial score (nSPS) is 16.7. The molecule has 32 heavy (non-hydrogen) atoms. The average Bonchev–Trinajstić information content (AvgIpc) is 2.79. The number of fused-ring (bicyclic) bond motifs is 1. The summed E-state index contributed by atoms with van der Waals surface area (Å²) >= 11 is 0. The second-order valence-electron chi connectivity index (χ2n) is 8.28. The van der Waals surface area contributed by atoms with E-state index in [4.69, 9.17) is 10.5 Å². The second-order valence-corrected chi connectivity index (χ2v) is 8.28. The third-order valence-corrected chi connectivity index (χ3v) is 5.94. The molecule has 5 heteroatoms. The van der Waals surface area contributed by atoms with Crippen LogP contribution in [0, 0.1) is 18.2 Å². The van der Waals surface area contributed by atoms with Crippen molar-refractivity contribution in [3.63, 3.8) is 0 Å². The van der Waals surface area contributed by atoms with E-state index in [1.807, 2.05) is 72.9 Å². The van der Waals surface area contributed by atoms with E-state index in [-0.39, 0.29) is 18.3 Å². The molecule has 4 rings (SSSR count). The summed E-state index contributed by atoms with van der Waals surface area (Å²) in [6.45, 7) is 1.92. The van der Waals surface area contributed by atoms with Crippen molar-refractivity contribution in [2.75, 3.05) is 19.1 Å². The molecule has 3 N–H and O–H groups in total. The Morgan fingerprint density at radius 3 is 2.59 bits per heavy atom. The maximum Gasteiger partial charge on any atom is 0.126 e. The van der Waals surface area contributed by atoms with Crippen LogP contribution in [0.1, 0.15) is 40.2 Å². The fourth-order valence-corrected chi connectivity index (χ4v) is 4.28. The minimum absolute atomic E-state index is 0.0667. The summed E-state index contributed by atoms with van der Waals surface area (Å²) in [5.74, 6) is -0.132. The van der Waals surface area contributed by atoms with Crippen LogP contribution < -0.4 is 5.43 Å². The molecule has 0 fully saturated rings. The first-order valence-electron chi connectivity index (χ1n) is 10.8. The summed E-state index contributed by atoms with van der Waals surface area (Å²) in [6.07, 6.45) is 3.27. The number of allylic oxidation sites excluding steroid dienone is 1. The fraction of sp³-hybridized carbons (Fsp3) is 0.222. The van der Waals surface area contributed by atoms with Gasteiger partial charge in [-0.05, 0) is 65.8 Å². The highest BCUT2D eigenvalue weighted by Crippen LogP contribution is 2.39. The van der Waals surface area contributed by atoms with Gasteiger partial charge >= 0.3 is 0 Å². The zero-order valence-corrected chi connectivity index (χ0v) is 18.4. The highest BCUT2D eigenvalue weighted by atomic mass is 19.1. The Balaban J connectivity index is 1.61. The Morgan fingerprint density at radius 2 is 1.88 bits per heavy atom. The molecule has 164 valence electrons. The summed E-state index contributed by atoms with van der Waals surface area (Å²) in [4.78, 5) is 0. The number of nitrogens with zero attached hydrogens (tertiary/aromatic N) is 1. The quantitative estimate of drug-likeness (QED) is 0.459. The first-order valence-corrected chi connectivity index (χ1v) is 10.8. The van der Waals surface area contributed by atoms with Crippen molar-refractivity contribution in [1.82, 2.24) is 5.01 Å². The van der Waals surface area contributed by atoms with Gasteiger partial charge in [-0.15, -0.1) is 0 Å². The lowest BCUT2D eigenvalue weighted by atomic mass is 9.75. The lowest BCUT2D eigenvalue weighted by Gasteiger charge is -2.30. The molecule has 0 aromatic heterocycles. The summed E-state index contributed by atoms with van der Waals surface area (Å²) in [5.41, 5.74) is 10.5. The van der Waals surface area contributed by atoms with Crippen molar-refractivity contribution >= 4 is 11.4 Å². The number of nitrogens with one attached hydrogen (secondary N) is 2. The van der Waals surface area contributed by atoms with Gasteiger partial charge in [0.05, 0.1) is 11.4 Å². The monoisotopic (exact) mass is 429 g/mol. The van der Waals surface area contributed by atoms with Crippen LogP contribution in [0.3, 0.4) is 0 Å². The predicted octanol–water partition coefficient (Wildman–Crippen LogP) is 5.42. The maximum atomic E-state index is 13.9. The van der Waals surface area contributed by atoms with Gasteiger partial charge in [0.15, 0.2) is 0 Å². The van der Waals surface area contributed by atoms with E-state index >= 15 is 0 Å². The Kier molecular flexibility index (Phi) is 6.37. The number of aryl methyl sites for hydroxylation is 1. The molecule has 4 nitrogen and oxygen atoms in total. The molecular weight excluding hydrogens is 401 g/mol. The van der Waals surface area contributed by atoms with Crippen LogP contribution >= 0.6 is 0 Å². The molecule has 1 atom stereocenters. The van der Waals surface area contributed by atoms with Crippen molar-refractivity contribution in [3.8, 4) is 0 Å². The van der Waals surface area contributed by atoms with Crippen molar-refractivity contribution in [3.05, 3.63) is 112 Å². The molecule has 3 aromatic carbocycles. The number of anilines is 1. The number of hydrazine groups is 1. The molecule has 0 amide bonds. The zero-order chi connectivity index (χ0) is 22.7. The minimum atomic E-state index is -0.199. The third kappa shape index (κ3) is 4.58. The molecule has 0 heterocycles. The van der Waals surface area contributed by atoms with Gasteiger partial charge in [-0.3, -0.25) is 15.8 Å². The van der Waals surface area contributed by atoms with Crippen LogP contribution in [0.4, 0.5) is 10.1 Å². The third-order valence-electron chi connectivity index (χ3n) is 5.94. The van der Waals surface area contributed by atoms with Crippen molar-refractivity contribution in [2.45, 2.75) is 25.7 Å². The van der Waals surface area contributed by atoms with Gasteiger partial charge in [0.25, 0.3) is 0 Å². The number of aliphatic hydroxyl groups excluding tert-OH is 1. The molecule has 3 aromatic rings. The molecule has 0 bridgehead atoms. The zero-order valence-electron chi connectivity index (χ0n) is 18.4. The number of hydrogen-bond donors (Lipinski definition) is 3. The van der Waals surface area contributed by atoms with Gasteiger partial charge in [-0.2, -0.15) is 0 Å². The molecule has 0 radical (unpaired) electrons. The SMILES string of the molecule is Cc1cc(C2C/C(=C/N(C)Nc3ccc(CCO)cc3)C(=N)c3ccccc32)ccc1F. The lowest BCUT2D eigenvalue weighted by Crippen LogP contribution is -2.25. The first-order chi connectivity index (χ1) is 15.5. The van der Waals surface area contributed by atoms with Crippen LogP contribution in [0.15, 0.2) is 78.5 Å². The molecule has 0 aliphatic heterocycles. The maximum absolute atomic E-state index is 13.9. The summed E-state index contributed by atoms with van der Waals surface area (Å²) in [6, 6.07) is 21.3. The van der Waals surface area contributed by atoms with E-state index in [0.29, 0.717) is 24.1 Å². The van der Waals surface area contributed by atoms with Gasteiger partial charge in [0.1, 0.15) is 5.82 Å². The van der Waals surface area contributed by atoms with Crippen LogP contribution in [0.2, 0.25) is 0 Å². The number of aliphatic hydroxyl groups is 1. The first kappa shape index (κ1) is 21.8. The Morgan fingerprint density at radius 1 is 1.12 bits per heavy atom. The second kappa shape index (κ2) is 9.37. The average molecular weight is 430 g/mol. The minimum Gasteiger partial charge on any atom is -0.396 e. The van der Waals surface area contributed by atoms with Crippen LogP contribution in [-0.2, 0) is 6.42 Å². The number of rotatable bonds is 6. The number of hydrogen-bond acceptors (Lipinski definition) is 4. The molecule has 0 saturated heterocycles. The Labute approximate surface area is 188 Å². The van der Waals surface area contributed by atoms with E-state index in [9.17, 15) is 4.39 Å². The van der Waals surface area contributed by atoms with Crippen LogP contribution in [0.5, 0.6) is 0 Å². The smallest absolute Gasteiger partial charge is 0.126 e. The van der Waals surface area contributed by atoms with Crippen molar-refractivity contribution in [1.29, 1.82) is 5.41 Å². The number of benzene rings is 3. The molecular formula is C27H28FN3O. The van der Waals surface area contributed by atoms with E-state index in [1.165, 1.54) is 6.07 Å². The summed E-state index contributed by atoms with van der Waals surface area (Å²) in [5, 5.41) is 19.7. The summed E-state index contributed by atoms with van der Waals surface area (Å²) < 4.78 is 13.9. The topological polar surface area (TPSA) is 59.4 Å². The molecule has 0 spiro atoms. The molecule has 0 saturated carbocycles. The van der Waals surface area contributed by atoms with Gasteiger partial charge in [0, 0.05) is 31.3 Å². The van der Waals surface area contributed by atoms with E-state index in [0.717, 1.165) is 33.5 Å². The van der Waals surface area contributed by atoms with E-state index in [2.05, 4.69) is 11.5 Å². The summed E-state index contributed by atoms with van der Waals surface area (Å²) in [7, 11) is 1.92. The van der Waals surface area contributed by atoms with Gasteiger partial charge in [-0.1, -0.05) is 48.5 Å².